The van der Waals surface area contributed by atoms with E-state index in [1.807, 2.05) is 0 Å². The Hall–Kier alpha value is -2.75. The molecule has 0 saturated carbocycles. The van der Waals surface area contributed by atoms with E-state index < -0.39 is 0 Å². The lowest BCUT2D eigenvalue weighted by atomic mass is 10.0. The van der Waals surface area contributed by atoms with Crippen LogP contribution in [0.25, 0.3) is 16.9 Å². The molecule has 0 fully saturated rings. The SMILES string of the molecule is Cc1ccccc1-n1nc(-c2ccc(N(C)C)cc2)c2c1NCCCC2. The summed E-state index contributed by atoms with van der Waals surface area (Å²) in [6, 6.07) is 17.2. The Bertz CT molecular complexity index is 906. The molecule has 1 aromatic heterocycles. The van der Waals surface area contributed by atoms with Crippen molar-refractivity contribution in [2.75, 3.05) is 30.9 Å². The minimum Gasteiger partial charge on any atom is -0.378 e. The number of hydrogen-bond donors (Lipinski definition) is 1. The average Bonchev–Trinajstić information content (AvgIpc) is 2.83. The lowest BCUT2D eigenvalue weighted by Crippen LogP contribution is -2.08. The molecule has 0 radical (unpaired) electrons. The molecule has 134 valence electrons. The summed E-state index contributed by atoms with van der Waals surface area (Å²) in [5, 5.41) is 8.68. The predicted molar refractivity (Wildman–Crippen MR) is 109 cm³/mol. The van der Waals surface area contributed by atoms with Crippen molar-refractivity contribution in [3.05, 3.63) is 59.7 Å². The van der Waals surface area contributed by atoms with Crippen LogP contribution in [0.15, 0.2) is 48.5 Å². The zero-order valence-electron chi connectivity index (χ0n) is 15.8. The summed E-state index contributed by atoms with van der Waals surface area (Å²) >= 11 is 0. The highest BCUT2D eigenvalue weighted by molar-refractivity contribution is 5.73. The Labute approximate surface area is 155 Å². The number of aryl methyl sites for hydroxylation is 1. The van der Waals surface area contributed by atoms with Crippen LogP contribution in [0.4, 0.5) is 11.5 Å². The van der Waals surface area contributed by atoms with Crippen molar-refractivity contribution in [1.82, 2.24) is 9.78 Å². The van der Waals surface area contributed by atoms with E-state index in [1.165, 1.54) is 35.2 Å². The first-order valence-corrected chi connectivity index (χ1v) is 9.34. The molecule has 0 saturated heterocycles. The van der Waals surface area contributed by atoms with E-state index >= 15 is 0 Å². The first-order valence-electron chi connectivity index (χ1n) is 9.34. The third-order valence-corrected chi connectivity index (χ3v) is 5.13. The number of para-hydroxylation sites is 1. The van der Waals surface area contributed by atoms with Gasteiger partial charge in [-0.3, -0.25) is 0 Å². The van der Waals surface area contributed by atoms with Gasteiger partial charge in [-0.25, -0.2) is 4.68 Å². The maximum Gasteiger partial charge on any atom is 0.133 e. The molecule has 0 bridgehead atoms. The van der Waals surface area contributed by atoms with E-state index in [2.05, 4.69) is 84.4 Å². The highest BCUT2D eigenvalue weighted by atomic mass is 15.3. The standard InChI is InChI=1S/C22H26N4/c1-16-8-4-5-10-20(16)26-22-19(9-6-7-15-23-22)21(24-26)17-11-13-18(14-12-17)25(2)3/h4-5,8,10-14,23H,6-7,9,15H2,1-3H3. The Kier molecular flexibility index (Phi) is 4.41. The van der Waals surface area contributed by atoms with Gasteiger partial charge in [-0.2, -0.15) is 5.10 Å². The quantitative estimate of drug-likeness (QED) is 0.748. The van der Waals surface area contributed by atoms with Crippen LogP contribution in [0.5, 0.6) is 0 Å². The molecule has 2 heterocycles. The van der Waals surface area contributed by atoms with Crippen molar-refractivity contribution >= 4 is 11.5 Å². The number of hydrogen-bond acceptors (Lipinski definition) is 3. The molecule has 1 N–H and O–H groups in total. The molecule has 0 amide bonds. The summed E-state index contributed by atoms with van der Waals surface area (Å²) in [7, 11) is 4.13. The molecule has 0 spiro atoms. The van der Waals surface area contributed by atoms with Crippen LogP contribution in [-0.2, 0) is 6.42 Å². The number of rotatable bonds is 3. The zero-order valence-corrected chi connectivity index (χ0v) is 15.8. The Morgan fingerprint density at radius 1 is 1.00 bits per heavy atom. The second kappa shape index (κ2) is 6.87. The van der Waals surface area contributed by atoms with Crippen LogP contribution >= 0.6 is 0 Å². The Balaban J connectivity index is 1.86. The van der Waals surface area contributed by atoms with Crippen molar-refractivity contribution in [2.45, 2.75) is 26.2 Å². The second-order valence-corrected chi connectivity index (χ2v) is 7.20. The summed E-state index contributed by atoms with van der Waals surface area (Å²) < 4.78 is 2.10. The maximum absolute atomic E-state index is 5.05. The summed E-state index contributed by atoms with van der Waals surface area (Å²) in [5.74, 6) is 1.16. The summed E-state index contributed by atoms with van der Waals surface area (Å²) in [5.41, 5.74) is 7.21. The van der Waals surface area contributed by atoms with Gasteiger partial charge in [-0.15, -0.1) is 0 Å². The molecular formula is C22H26N4. The number of benzene rings is 2. The van der Waals surface area contributed by atoms with Gasteiger partial charge in [0.15, 0.2) is 0 Å². The van der Waals surface area contributed by atoms with Gasteiger partial charge in [0.1, 0.15) is 5.82 Å². The molecule has 0 atom stereocenters. The van der Waals surface area contributed by atoms with Crippen molar-refractivity contribution in [3.8, 4) is 16.9 Å². The Morgan fingerprint density at radius 3 is 2.50 bits per heavy atom. The number of nitrogens with one attached hydrogen (secondary N) is 1. The zero-order chi connectivity index (χ0) is 18.1. The third kappa shape index (κ3) is 2.96. The fourth-order valence-electron chi connectivity index (χ4n) is 3.63. The molecule has 4 nitrogen and oxygen atoms in total. The lowest BCUT2D eigenvalue weighted by molar-refractivity contribution is 0.779. The second-order valence-electron chi connectivity index (χ2n) is 7.20. The van der Waals surface area contributed by atoms with E-state index in [0.717, 1.165) is 30.2 Å². The molecule has 2 aromatic carbocycles. The molecular weight excluding hydrogens is 320 g/mol. The molecule has 3 aromatic rings. The number of fused-ring (bicyclic) bond motifs is 1. The lowest BCUT2D eigenvalue weighted by Gasteiger charge is -2.12. The fourth-order valence-corrected chi connectivity index (χ4v) is 3.63. The molecule has 0 unspecified atom stereocenters. The highest BCUT2D eigenvalue weighted by Gasteiger charge is 2.22. The summed E-state index contributed by atoms with van der Waals surface area (Å²) in [6.07, 6.45) is 3.46. The van der Waals surface area contributed by atoms with E-state index in [0.29, 0.717) is 0 Å². The topological polar surface area (TPSA) is 33.1 Å². The average molecular weight is 346 g/mol. The van der Waals surface area contributed by atoms with Crippen LogP contribution < -0.4 is 10.2 Å². The molecule has 0 aliphatic carbocycles. The fraction of sp³-hybridized carbons (Fsp3) is 0.318. The third-order valence-electron chi connectivity index (χ3n) is 5.13. The van der Waals surface area contributed by atoms with Crippen LogP contribution in [-0.4, -0.2) is 30.4 Å². The molecule has 26 heavy (non-hydrogen) atoms. The largest absolute Gasteiger partial charge is 0.378 e. The van der Waals surface area contributed by atoms with Gasteiger partial charge in [-0.05, 0) is 49.9 Å². The summed E-state index contributed by atoms with van der Waals surface area (Å²) in [6.45, 7) is 3.15. The van der Waals surface area contributed by atoms with Gasteiger partial charge in [0.05, 0.1) is 11.4 Å². The monoisotopic (exact) mass is 346 g/mol. The van der Waals surface area contributed by atoms with Crippen LogP contribution in [0.3, 0.4) is 0 Å². The van der Waals surface area contributed by atoms with E-state index in [1.54, 1.807) is 0 Å². The van der Waals surface area contributed by atoms with Gasteiger partial charge in [-0.1, -0.05) is 30.3 Å². The first-order chi connectivity index (χ1) is 12.6. The van der Waals surface area contributed by atoms with Crippen LogP contribution in [0.1, 0.15) is 24.0 Å². The summed E-state index contributed by atoms with van der Waals surface area (Å²) in [4.78, 5) is 2.12. The normalized spacial score (nSPS) is 13.7. The van der Waals surface area contributed by atoms with Crippen molar-refractivity contribution < 1.29 is 0 Å². The number of nitrogens with zero attached hydrogens (tertiary/aromatic N) is 3. The number of aromatic nitrogens is 2. The van der Waals surface area contributed by atoms with Crippen molar-refractivity contribution in [2.24, 2.45) is 0 Å². The van der Waals surface area contributed by atoms with Gasteiger partial charge >= 0.3 is 0 Å². The van der Waals surface area contributed by atoms with E-state index in [9.17, 15) is 0 Å². The van der Waals surface area contributed by atoms with Gasteiger partial charge in [0.25, 0.3) is 0 Å². The predicted octanol–water partition coefficient (Wildman–Crippen LogP) is 4.66. The smallest absolute Gasteiger partial charge is 0.133 e. The number of anilines is 2. The highest BCUT2D eigenvalue weighted by Crippen LogP contribution is 2.35. The van der Waals surface area contributed by atoms with Gasteiger partial charge in [0, 0.05) is 37.5 Å². The van der Waals surface area contributed by atoms with Crippen LogP contribution in [0, 0.1) is 6.92 Å². The first kappa shape index (κ1) is 16.7. The minimum absolute atomic E-state index is 1.00. The van der Waals surface area contributed by atoms with E-state index in [-0.39, 0.29) is 0 Å². The van der Waals surface area contributed by atoms with E-state index in [4.69, 9.17) is 5.10 Å². The maximum atomic E-state index is 5.05. The van der Waals surface area contributed by atoms with Gasteiger partial charge < -0.3 is 10.2 Å². The minimum atomic E-state index is 1.00. The molecule has 4 heteroatoms. The molecule has 4 rings (SSSR count). The Morgan fingerprint density at radius 2 is 1.77 bits per heavy atom. The van der Waals surface area contributed by atoms with Crippen LogP contribution in [0.2, 0.25) is 0 Å². The van der Waals surface area contributed by atoms with Crippen molar-refractivity contribution in [1.29, 1.82) is 0 Å². The molecule has 1 aliphatic heterocycles. The molecule has 1 aliphatic rings. The van der Waals surface area contributed by atoms with Crippen molar-refractivity contribution in [3.63, 3.8) is 0 Å². The van der Waals surface area contributed by atoms with Gasteiger partial charge in [0.2, 0.25) is 0 Å².